The molecular weight excluding hydrogens is 290 g/mol. The number of sulfonamides is 1. The lowest BCUT2D eigenvalue weighted by molar-refractivity contribution is 0.557. The summed E-state index contributed by atoms with van der Waals surface area (Å²) in [5, 5.41) is -0.419. The Morgan fingerprint density at radius 1 is 1.19 bits per heavy atom. The molecule has 1 rings (SSSR count). The van der Waals surface area contributed by atoms with Crippen LogP contribution in [0.3, 0.4) is 0 Å². The van der Waals surface area contributed by atoms with Crippen LogP contribution in [0.25, 0.3) is 0 Å². The Hall–Kier alpha value is -0.390. The normalized spacial score (nSPS) is 14.1. The fraction of sp³-hybridized carbons (Fsp3) is 0.455. The summed E-state index contributed by atoms with van der Waals surface area (Å²) in [6, 6.07) is 7.35. The average Bonchev–Trinajstić information content (AvgIpc) is 2.17. The highest BCUT2D eigenvalue weighted by Gasteiger charge is 2.20. The fourth-order valence-electron chi connectivity index (χ4n) is 1.27. The van der Waals surface area contributed by atoms with Crippen LogP contribution in [0, 0.1) is 0 Å². The van der Waals surface area contributed by atoms with Gasteiger partial charge in [0.25, 0.3) is 0 Å². The number of benzene rings is 1. The molecule has 0 heterocycles. The SMILES string of the molecule is CC(C)S(=O)(=O)N[C@@H](C)c1ccccc1Br. The van der Waals surface area contributed by atoms with Crippen LogP contribution in [0.5, 0.6) is 0 Å². The van der Waals surface area contributed by atoms with Gasteiger partial charge in [-0.05, 0) is 32.4 Å². The van der Waals surface area contributed by atoms with Gasteiger partial charge in [-0.2, -0.15) is 0 Å². The zero-order valence-electron chi connectivity index (χ0n) is 9.57. The van der Waals surface area contributed by atoms with Crippen molar-refractivity contribution in [3.05, 3.63) is 34.3 Å². The zero-order chi connectivity index (χ0) is 12.3. The summed E-state index contributed by atoms with van der Waals surface area (Å²) in [6.45, 7) is 5.16. The van der Waals surface area contributed by atoms with Gasteiger partial charge in [0, 0.05) is 10.5 Å². The van der Waals surface area contributed by atoms with Crippen molar-refractivity contribution in [1.82, 2.24) is 4.72 Å². The van der Waals surface area contributed by atoms with Crippen LogP contribution in [-0.4, -0.2) is 13.7 Å². The van der Waals surface area contributed by atoms with Gasteiger partial charge in [0.1, 0.15) is 0 Å². The molecule has 0 radical (unpaired) electrons. The minimum Gasteiger partial charge on any atom is -0.212 e. The van der Waals surface area contributed by atoms with Gasteiger partial charge in [0.05, 0.1) is 5.25 Å². The molecule has 0 aliphatic carbocycles. The second-order valence-corrected chi connectivity index (χ2v) is 7.08. The van der Waals surface area contributed by atoms with Crippen LogP contribution in [0.2, 0.25) is 0 Å². The molecule has 0 aromatic heterocycles. The van der Waals surface area contributed by atoms with E-state index in [-0.39, 0.29) is 6.04 Å². The van der Waals surface area contributed by atoms with Crippen molar-refractivity contribution in [3.63, 3.8) is 0 Å². The van der Waals surface area contributed by atoms with E-state index in [4.69, 9.17) is 0 Å². The molecule has 0 unspecified atom stereocenters. The second kappa shape index (κ2) is 5.29. The lowest BCUT2D eigenvalue weighted by atomic mass is 10.1. The lowest BCUT2D eigenvalue weighted by Crippen LogP contribution is -2.33. The summed E-state index contributed by atoms with van der Waals surface area (Å²) in [5.41, 5.74) is 0.937. The Kier molecular flexibility index (Phi) is 4.52. The first-order valence-corrected chi connectivity index (χ1v) is 7.44. The van der Waals surface area contributed by atoms with Crippen molar-refractivity contribution in [2.75, 3.05) is 0 Å². The highest BCUT2D eigenvalue weighted by atomic mass is 79.9. The first kappa shape index (κ1) is 13.7. The minimum atomic E-state index is -3.23. The molecule has 0 saturated heterocycles. The van der Waals surface area contributed by atoms with Gasteiger partial charge in [-0.15, -0.1) is 0 Å². The Morgan fingerprint density at radius 2 is 1.75 bits per heavy atom. The van der Waals surface area contributed by atoms with Gasteiger partial charge < -0.3 is 0 Å². The number of halogens is 1. The highest BCUT2D eigenvalue weighted by molar-refractivity contribution is 9.10. The van der Waals surface area contributed by atoms with E-state index in [1.54, 1.807) is 13.8 Å². The van der Waals surface area contributed by atoms with Crippen LogP contribution in [0.1, 0.15) is 32.4 Å². The predicted molar refractivity (Wildman–Crippen MR) is 69.7 cm³/mol. The minimum absolute atomic E-state index is 0.233. The van der Waals surface area contributed by atoms with Crippen LogP contribution < -0.4 is 4.72 Å². The van der Waals surface area contributed by atoms with Crippen molar-refractivity contribution < 1.29 is 8.42 Å². The van der Waals surface area contributed by atoms with Gasteiger partial charge in [0.2, 0.25) is 10.0 Å². The molecule has 0 amide bonds. The summed E-state index contributed by atoms with van der Waals surface area (Å²) in [4.78, 5) is 0. The van der Waals surface area contributed by atoms with Crippen molar-refractivity contribution in [1.29, 1.82) is 0 Å². The van der Waals surface area contributed by atoms with Gasteiger partial charge in [-0.1, -0.05) is 34.1 Å². The molecular formula is C11H16BrNO2S. The van der Waals surface area contributed by atoms with Crippen LogP contribution in [-0.2, 0) is 10.0 Å². The van der Waals surface area contributed by atoms with E-state index in [9.17, 15) is 8.42 Å². The number of rotatable bonds is 4. The summed E-state index contributed by atoms with van der Waals surface area (Å²) in [6.07, 6.45) is 0. The molecule has 90 valence electrons. The molecule has 1 aromatic carbocycles. The Labute approximate surface area is 105 Å². The molecule has 16 heavy (non-hydrogen) atoms. The standard InChI is InChI=1S/C11H16BrNO2S/c1-8(2)16(14,15)13-9(3)10-6-4-5-7-11(10)12/h4-9,13H,1-3H3/t9-/m0/s1. The maximum Gasteiger partial charge on any atom is 0.214 e. The maximum atomic E-state index is 11.7. The molecule has 0 spiro atoms. The summed E-state index contributed by atoms with van der Waals surface area (Å²) < 4.78 is 27.0. The Bertz CT molecular complexity index is 457. The molecule has 1 atom stereocenters. The smallest absolute Gasteiger partial charge is 0.212 e. The van der Waals surface area contributed by atoms with E-state index in [0.717, 1.165) is 10.0 Å². The van der Waals surface area contributed by atoms with Gasteiger partial charge in [-0.25, -0.2) is 13.1 Å². The van der Waals surface area contributed by atoms with Crippen molar-refractivity contribution in [2.24, 2.45) is 0 Å². The van der Waals surface area contributed by atoms with Crippen molar-refractivity contribution in [3.8, 4) is 0 Å². The summed E-state index contributed by atoms with van der Waals surface area (Å²) in [7, 11) is -3.23. The number of hydrogen-bond acceptors (Lipinski definition) is 2. The third kappa shape index (κ3) is 3.30. The van der Waals surface area contributed by atoms with E-state index in [0.29, 0.717) is 0 Å². The molecule has 0 fully saturated rings. The van der Waals surface area contributed by atoms with Crippen LogP contribution >= 0.6 is 15.9 Å². The number of hydrogen-bond donors (Lipinski definition) is 1. The quantitative estimate of drug-likeness (QED) is 0.930. The monoisotopic (exact) mass is 305 g/mol. The van der Waals surface area contributed by atoms with Crippen LogP contribution in [0.15, 0.2) is 28.7 Å². The zero-order valence-corrected chi connectivity index (χ0v) is 12.0. The van der Waals surface area contributed by atoms with Gasteiger partial charge in [0.15, 0.2) is 0 Å². The average molecular weight is 306 g/mol. The number of nitrogens with one attached hydrogen (secondary N) is 1. The van der Waals surface area contributed by atoms with Gasteiger partial charge >= 0.3 is 0 Å². The first-order chi connectivity index (χ1) is 7.34. The molecule has 5 heteroatoms. The summed E-state index contributed by atoms with van der Waals surface area (Å²) in [5.74, 6) is 0. The fourth-order valence-corrected chi connectivity index (χ4v) is 2.79. The van der Waals surface area contributed by atoms with E-state index >= 15 is 0 Å². The maximum absolute atomic E-state index is 11.7. The van der Waals surface area contributed by atoms with Crippen molar-refractivity contribution in [2.45, 2.75) is 32.1 Å². The third-order valence-corrected chi connectivity index (χ3v) is 4.98. The van der Waals surface area contributed by atoms with Gasteiger partial charge in [-0.3, -0.25) is 0 Å². The highest BCUT2D eigenvalue weighted by Crippen LogP contribution is 2.23. The second-order valence-electron chi connectivity index (χ2n) is 3.95. The predicted octanol–water partition coefficient (Wildman–Crippen LogP) is 2.84. The lowest BCUT2D eigenvalue weighted by Gasteiger charge is -2.17. The molecule has 0 aliphatic heterocycles. The largest absolute Gasteiger partial charge is 0.214 e. The Morgan fingerprint density at radius 3 is 2.25 bits per heavy atom. The van der Waals surface area contributed by atoms with Crippen LogP contribution in [0.4, 0.5) is 0 Å². The Balaban J connectivity index is 2.89. The molecule has 0 aliphatic rings. The molecule has 0 bridgehead atoms. The first-order valence-electron chi connectivity index (χ1n) is 5.10. The van der Waals surface area contributed by atoms with E-state index in [2.05, 4.69) is 20.7 Å². The third-order valence-electron chi connectivity index (χ3n) is 2.33. The van der Waals surface area contributed by atoms with E-state index < -0.39 is 15.3 Å². The van der Waals surface area contributed by atoms with E-state index in [1.165, 1.54) is 0 Å². The molecule has 0 saturated carbocycles. The summed E-state index contributed by atoms with van der Waals surface area (Å²) >= 11 is 3.41. The molecule has 3 nitrogen and oxygen atoms in total. The molecule has 1 aromatic rings. The molecule has 1 N–H and O–H groups in total. The van der Waals surface area contributed by atoms with E-state index in [1.807, 2.05) is 31.2 Å². The van der Waals surface area contributed by atoms with Crippen molar-refractivity contribution >= 4 is 26.0 Å². The topological polar surface area (TPSA) is 46.2 Å².